The Kier molecular flexibility index (Phi) is 6.61. The summed E-state index contributed by atoms with van der Waals surface area (Å²) in [6.45, 7) is 6.27. The molecule has 2 aromatic rings. The molecule has 8 nitrogen and oxygen atoms in total. The van der Waals surface area contributed by atoms with Crippen molar-refractivity contribution >= 4 is 17.6 Å². The molecule has 3 heterocycles. The second-order valence-electron chi connectivity index (χ2n) is 7.90. The monoisotopic (exact) mass is 409 g/mol. The van der Waals surface area contributed by atoms with Gasteiger partial charge in [0.25, 0.3) is 0 Å². The molecule has 1 amide bonds. The van der Waals surface area contributed by atoms with Crippen molar-refractivity contribution in [2.45, 2.75) is 44.9 Å². The van der Waals surface area contributed by atoms with E-state index in [0.29, 0.717) is 18.9 Å². The molecular formula is C22H31N7O. The highest BCUT2D eigenvalue weighted by Crippen LogP contribution is 2.28. The Morgan fingerprint density at radius 2 is 2.10 bits per heavy atom. The van der Waals surface area contributed by atoms with Crippen molar-refractivity contribution in [2.24, 2.45) is 4.99 Å². The van der Waals surface area contributed by atoms with Crippen molar-refractivity contribution in [2.75, 3.05) is 37.6 Å². The second kappa shape index (κ2) is 9.73. The minimum absolute atomic E-state index is 0.202. The number of rotatable bonds is 6. The fraction of sp³-hybridized carbons (Fsp3) is 0.545. The Labute approximate surface area is 177 Å². The van der Waals surface area contributed by atoms with E-state index in [9.17, 15) is 4.79 Å². The highest BCUT2D eigenvalue weighted by molar-refractivity contribution is 5.95. The van der Waals surface area contributed by atoms with E-state index in [1.807, 2.05) is 23.1 Å². The maximum absolute atomic E-state index is 12.7. The summed E-state index contributed by atoms with van der Waals surface area (Å²) in [5.74, 6) is 2.58. The van der Waals surface area contributed by atoms with E-state index in [2.05, 4.69) is 38.4 Å². The maximum atomic E-state index is 12.7. The summed E-state index contributed by atoms with van der Waals surface area (Å²) in [7, 11) is 0. The minimum Gasteiger partial charge on any atom is -0.357 e. The average Bonchev–Trinajstić information content (AvgIpc) is 3.46. The van der Waals surface area contributed by atoms with Gasteiger partial charge in [-0.2, -0.15) is 5.10 Å². The van der Waals surface area contributed by atoms with Crippen LogP contribution in [0.3, 0.4) is 0 Å². The van der Waals surface area contributed by atoms with E-state index in [0.717, 1.165) is 69.3 Å². The van der Waals surface area contributed by atoms with Gasteiger partial charge in [-0.05, 0) is 44.2 Å². The number of carbonyl (C=O) groups is 1. The molecule has 1 saturated heterocycles. The summed E-state index contributed by atoms with van der Waals surface area (Å²) < 4.78 is 0. The number of hydrogen-bond donors (Lipinski definition) is 2. The SMILES string of the molecule is CCNC(=NCCCC(=O)N1CCc2ccccc21)N1CCC(c2ncn[nH]2)CC1. The van der Waals surface area contributed by atoms with Gasteiger partial charge in [0.2, 0.25) is 5.91 Å². The lowest BCUT2D eigenvalue weighted by Crippen LogP contribution is -2.45. The normalized spacial score (nSPS) is 17.3. The molecule has 1 fully saturated rings. The third kappa shape index (κ3) is 4.63. The van der Waals surface area contributed by atoms with Gasteiger partial charge in [0.15, 0.2) is 5.96 Å². The molecule has 1 aromatic carbocycles. The molecule has 4 rings (SSSR count). The highest BCUT2D eigenvalue weighted by Gasteiger charge is 2.25. The first-order valence-corrected chi connectivity index (χ1v) is 11.0. The molecule has 0 unspecified atom stereocenters. The van der Waals surface area contributed by atoms with Crippen LogP contribution in [0.15, 0.2) is 35.6 Å². The molecule has 30 heavy (non-hydrogen) atoms. The van der Waals surface area contributed by atoms with Gasteiger partial charge in [-0.25, -0.2) is 4.98 Å². The number of guanidine groups is 1. The first kappa shape index (κ1) is 20.4. The number of carbonyl (C=O) groups excluding carboxylic acids is 1. The van der Waals surface area contributed by atoms with E-state index in [1.165, 1.54) is 5.56 Å². The molecule has 0 aliphatic carbocycles. The number of aromatic nitrogens is 3. The lowest BCUT2D eigenvalue weighted by Gasteiger charge is -2.33. The van der Waals surface area contributed by atoms with Gasteiger partial charge in [0.05, 0.1) is 0 Å². The standard InChI is InChI=1S/C22H31N7O/c1-2-23-22(28-13-9-18(10-14-28)21-25-16-26-27-21)24-12-5-8-20(30)29-15-11-17-6-3-4-7-19(17)29/h3-4,6-7,16,18H,2,5,8-15H2,1H3,(H,23,24)(H,25,26,27). The van der Waals surface area contributed by atoms with Gasteiger partial charge in [0, 0.05) is 50.7 Å². The highest BCUT2D eigenvalue weighted by atomic mass is 16.2. The number of amides is 1. The second-order valence-corrected chi connectivity index (χ2v) is 7.90. The summed E-state index contributed by atoms with van der Waals surface area (Å²) in [4.78, 5) is 26.0. The Morgan fingerprint density at radius 3 is 2.87 bits per heavy atom. The lowest BCUT2D eigenvalue weighted by molar-refractivity contribution is -0.118. The molecule has 160 valence electrons. The summed E-state index contributed by atoms with van der Waals surface area (Å²) in [5, 5.41) is 10.4. The number of nitrogens with zero attached hydrogens (tertiary/aromatic N) is 5. The number of aliphatic imine (C=N–C) groups is 1. The van der Waals surface area contributed by atoms with Crippen LogP contribution in [0.25, 0.3) is 0 Å². The van der Waals surface area contributed by atoms with Crippen LogP contribution in [0.1, 0.15) is 49.9 Å². The number of anilines is 1. The van der Waals surface area contributed by atoms with Crippen molar-refractivity contribution in [1.82, 2.24) is 25.4 Å². The van der Waals surface area contributed by atoms with Crippen LogP contribution in [-0.4, -0.2) is 64.7 Å². The molecular weight excluding hydrogens is 378 g/mol. The molecule has 8 heteroatoms. The van der Waals surface area contributed by atoms with Gasteiger partial charge in [0.1, 0.15) is 12.2 Å². The van der Waals surface area contributed by atoms with E-state index < -0.39 is 0 Å². The molecule has 0 bridgehead atoms. The zero-order valence-electron chi connectivity index (χ0n) is 17.7. The van der Waals surface area contributed by atoms with E-state index in [-0.39, 0.29) is 5.91 Å². The summed E-state index contributed by atoms with van der Waals surface area (Å²) in [6.07, 6.45) is 5.90. The fourth-order valence-corrected chi connectivity index (χ4v) is 4.35. The maximum Gasteiger partial charge on any atom is 0.227 e. The molecule has 0 spiro atoms. The van der Waals surface area contributed by atoms with Crippen molar-refractivity contribution < 1.29 is 4.79 Å². The molecule has 0 saturated carbocycles. The largest absolute Gasteiger partial charge is 0.357 e. The van der Waals surface area contributed by atoms with Crippen LogP contribution < -0.4 is 10.2 Å². The number of aromatic amines is 1. The van der Waals surface area contributed by atoms with Crippen LogP contribution in [0.2, 0.25) is 0 Å². The van der Waals surface area contributed by atoms with Crippen molar-refractivity contribution in [3.8, 4) is 0 Å². The zero-order valence-corrected chi connectivity index (χ0v) is 17.7. The van der Waals surface area contributed by atoms with Crippen molar-refractivity contribution in [1.29, 1.82) is 0 Å². The fourth-order valence-electron chi connectivity index (χ4n) is 4.35. The van der Waals surface area contributed by atoms with Gasteiger partial charge >= 0.3 is 0 Å². The van der Waals surface area contributed by atoms with Gasteiger partial charge in [-0.15, -0.1) is 0 Å². The molecule has 0 atom stereocenters. The zero-order chi connectivity index (χ0) is 20.8. The summed E-state index contributed by atoms with van der Waals surface area (Å²) in [5.41, 5.74) is 2.35. The number of piperidine rings is 1. The number of H-pyrrole nitrogens is 1. The predicted octanol–water partition coefficient (Wildman–Crippen LogP) is 2.32. The number of nitrogens with one attached hydrogen (secondary N) is 2. The lowest BCUT2D eigenvalue weighted by atomic mass is 9.96. The minimum atomic E-state index is 0.202. The van der Waals surface area contributed by atoms with Crippen molar-refractivity contribution in [3.63, 3.8) is 0 Å². The van der Waals surface area contributed by atoms with Crippen LogP contribution in [0.4, 0.5) is 5.69 Å². The summed E-state index contributed by atoms with van der Waals surface area (Å²) in [6, 6.07) is 8.20. The third-order valence-electron chi connectivity index (χ3n) is 5.95. The Bertz CT molecular complexity index is 856. The quantitative estimate of drug-likeness (QED) is 0.434. The molecule has 2 aliphatic heterocycles. The Balaban J connectivity index is 1.26. The third-order valence-corrected chi connectivity index (χ3v) is 5.95. The van der Waals surface area contributed by atoms with E-state index in [1.54, 1.807) is 6.33 Å². The molecule has 0 radical (unpaired) electrons. The first-order chi connectivity index (χ1) is 14.8. The first-order valence-electron chi connectivity index (χ1n) is 11.0. The number of benzene rings is 1. The van der Waals surface area contributed by atoms with Crippen LogP contribution in [0.5, 0.6) is 0 Å². The summed E-state index contributed by atoms with van der Waals surface area (Å²) >= 11 is 0. The number of hydrogen-bond acceptors (Lipinski definition) is 4. The topological polar surface area (TPSA) is 89.5 Å². The predicted molar refractivity (Wildman–Crippen MR) is 118 cm³/mol. The number of likely N-dealkylation sites (tertiary alicyclic amines) is 1. The average molecular weight is 410 g/mol. The van der Waals surface area contributed by atoms with E-state index >= 15 is 0 Å². The van der Waals surface area contributed by atoms with Crippen molar-refractivity contribution in [3.05, 3.63) is 42.0 Å². The van der Waals surface area contributed by atoms with Crippen LogP contribution >= 0.6 is 0 Å². The van der Waals surface area contributed by atoms with Gasteiger partial charge in [-0.1, -0.05) is 18.2 Å². The molecule has 2 N–H and O–H groups in total. The smallest absolute Gasteiger partial charge is 0.227 e. The van der Waals surface area contributed by atoms with Crippen LogP contribution in [-0.2, 0) is 11.2 Å². The number of fused-ring (bicyclic) bond motifs is 1. The Hall–Kier alpha value is -2.90. The molecule has 1 aromatic heterocycles. The van der Waals surface area contributed by atoms with Gasteiger partial charge in [-0.3, -0.25) is 14.9 Å². The van der Waals surface area contributed by atoms with E-state index in [4.69, 9.17) is 4.99 Å². The number of para-hydroxylation sites is 1. The Morgan fingerprint density at radius 1 is 1.27 bits per heavy atom. The van der Waals surface area contributed by atoms with Crippen LogP contribution in [0, 0.1) is 0 Å². The van der Waals surface area contributed by atoms with Gasteiger partial charge < -0.3 is 15.1 Å². The molecule has 2 aliphatic rings.